The molecule has 1 fully saturated rings. The topological polar surface area (TPSA) is 63.1 Å². The normalized spacial score (nSPS) is 17.8. The fourth-order valence-electron chi connectivity index (χ4n) is 3.19. The van der Waals surface area contributed by atoms with Crippen LogP contribution in [0.5, 0.6) is 0 Å². The van der Waals surface area contributed by atoms with Crippen LogP contribution in [0.3, 0.4) is 0 Å². The number of nitrogens with zero attached hydrogens (tertiary/aromatic N) is 4. The predicted molar refractivity (Wildman–Crippen MR) is 87.7 cm³/mol. The third-order valence-electron chi connectivity index (χ3n) is 4.47. The van der Waals surface area contributed by atoms with Crippen molar-refractivity contribution in [1.29, 1.82) is 0 Å². The molecule has 25 heavy (non-hydrogen) atoms. The van der Waals surface area contributed by atoms with Crippen LogP contribution in [0.1, 0.15) is 18.4 Å². The van der Waals surface area contributed by atoms with Gasteiger partial charge in [-0.2, -0.15) is 5.10 Å². The van der Waals surface area contributed by atoms with Gasteiger partial charge in [0, 0.05) is 18.2 Å². The summed E-state index contributed by atoms with van der Waals surface area (Å²) in [5.74, 6) is -1.30. The third kappa shape index (κ3) is 4.60. The molecule has 1 aromatic carbocycles. The molecular formula is C17H21F2N5O. The van der Waals surface area contributed by atoms with E-state index < -0.39 is 11.6 Å². The zero-order valence-corrected chi connectivity index (χ0v) is 13.9. The van der Waals surface area contributed by atoms with Crippen LogP contribution in [0.4, 0.5) is 8.78 Å². The second-order valence-electron chi connectivity index (χ2n) is 6.18. The van der Waals surface area contributed by atoms with E-state index in [4.69, 9.17) is 0 Å². The number of aromatic nitrogens is 3. The van der Waals surface area contributed by atoms with Crippen LogP contribution in [0, 0.1) is 11.6 Å². The minimum atomic E-state index is -0.582. The van der Waals surface area contributed by atoms with E-state index in [-0.39, 0.29) is 37.0 Å². The fourth-order valence-corrected chi connectivity index (χ4v) is 3.19. The van der Waals surface area contributed by atoms with Crippen LogP contribution in [0.25, 0.3) is 0 Å². The van der Waals surface area contributed by atoms with Gasteiger partial charge in [-0.15, -0.1) is 0 Å². The zero-order chi connectivity index (χ0) is 17.6. The molecule has 1 amide bonds. The monoisotopic (exact) mass is 349 g/mol. The van der Waals surface area contributed by atoms with Crippen LogP contribution < -0.4 is 5.32 Å². The first kappa shape index (κ1) is 17.5. The first-order valence-electron chi connectivity index (χ1n) is 8.39. The first-order valence-corrected chi connectivity index (χ1v) is 8.39. The first-order chi connectivity index (χ1) is 12.1. The molecule has 2 heterocycles. The number of halogens is 2. The minimum Gasteiger partial charge on any atom is -0.355 e. The van der Waals surface area contributed by atoms with Gasteiger partial charge >= 0.3 is 0 Å². The molecule has 1 saturated heterocycles. The highest BCUT2D eigenvalue weighted by Gasteiger charge is 2.26. The Labute approximate surface area is 144 Å². The number of amides is 1. The Morgan fingerprint density at radius 2 is 2.12 bits per heavy atom. The summed E-state index contributed by atoms with van der Waals surface area (Å²) in [6.45, 7) is 2.04. The molecule has 134 valence electrons. The highest BCUT2D eigenvalue weighted by Crippen LogP contribution is 2.18. The van der Waals surface area contributed by atoms with Gasteiger partial charge in [0.15, 0.2) is 0 Å². The Hall–Kier alpha value is -2.35. The largest absolute Gasteiger partial charge is 0.355 e. The average molecular weight is 349 g/mol. The van der Waals surface area contributed by atoms with Crippen LogP contribution in [0.15, 0.2) is 30.9 Å². The lowest BCUT2D eigenvalue weighted by atomic mass is 10.1. The highest BCUT2D eigenvalue weighted by molar-refractivity contribution is 5.78. The number of carbonyl (C=O) groups is 1. The standard InChI is InChI=1S/C17H21F2N5O/c18-15-4-1-5-16(19)14(15)6-7-21-17(25)10-23-8-2-3-13(23)9-24-12-20-11-22-24/h1,4-5,11-13H,2-3,6-10H2,(H,21,25)/t13-/m1/s1. The molecule has 0 saturated carbocycles. The molecule has 1 aromatic heterocycles. The summed E-state index contributed by atoms with van der Waals surface area (Å²) < 4.78 is 28.9. The number of nitrogens with one attached hydrogen (secondary N) is 1. The molecule has 0 radical (unpaired) electrons. The van der Waals surface area contributed by atoms with Gasteiger partial charge in [0.1, 0.15) is 24.3 Å². The summed E-state index contributed by atoms with van der Waals surface area (Å²) in [4.78, 5) is 18.2. The van der Waals surface area contributed by atoms with Gasteiger partial charge < -0.3 is 5.32 Å². The van der Waals surface area contributed by atoms with Gasteiger partial charge in [0.2, 0.25) is 5.91 Å². The lowest BCUT2D eigenvalue weighted by Gasteiger charge is -2.23. The third-order valence-corrected chi connectivity index (χ3v) is 4.47. The molecular weight excluding hydrogens is 328 g/mol. The number of hydrogen-bond acceptors (Lipinski definition) is 4. The van der Waals surface area contributed by atoms with E-state index in [2.05, 4.69) is 20.3 Å². The number of benzene rings is 1. The van der Waals surface area contributed by atoms with Gasteiger partial charge in [-0.05, 0) is 37.9 Å². The smallest absolute Gasteiger partial charge is 0.234 e. The van der Waals surface area contributed by atoms with Crippen molar-refractivity contribution in [3.05, 3.63) is 48.1 Å². The number of likely N-dealkylation sites (tertiary alicyclic amines) is 1. The van der Waals surface area contributed by atoms with Crippen LogP contribution in [0.2, 0.25) is 0 Å². The summed E-state index contributed by atoms with van der Waals surface area (Å²) in [6.07, 6.45) is 5.33. The maximum absolute atomic E-state index is 13.6. The molecule has 0 unspecified atom stereocenters. The van der Waals surface area contributed by atoms with Crippen molar-refractivity contribution < 1.29 is 13.6 Å². The Balaban J connectivity index is 1.45. The number of carbonyl (C=O) groups excluding carboxylic acids is 1. The molecule has 1 atom stereocenters. The average Bonchev–Trinajstić information content (AvgIpc) is 3.23. The quantitative estimate of drug-likeness (QED) is 0.820. The van der Waals surface area contributed by atoms with E-state index >= 15 is 0 Å². The van der Waals surface area contributed by atoms with Gasteiger partial charge in [-0.1, -0.05) is 6.07 Å². The van der Waals surface area contributed by atoms with E-state index in [1.807, 2.05) is 0 Å². The van der Waals surface area contributed by atoms with Crippen LogP contribution in [-0.4, -0.2) is 51.2 Å². The Bertz CT molecular complexity index is 687. The van der Waals surface area contributed by atoms with E-state index in [1.165, 1.54) is 24.5 Å². The van der Waals surface area contributed by atoms with Crippen LogP contribution >= 0.6 is 0 Å². The summed E-state index contributed by atoms with van der Waals surface area (Å²) in [6, 6.07) is 4.02. The lowest BCUT2D eigenvalue weighted by Crippen LogP contribution is -2.41. The van der Waals surface area contributed by atoms with Gasteiger partial charge in [-0.3, -0.25) is 14.4 Å². The van der Waals surface area contributed by atoms with Crippen molar-refractivity contribution in [3.63, 3.8) is 0 Å². The zero-order valence-electron chi connectivity index (χ0n) is 13.9. The fraction of sp³-hybridized carbons (Fsp3) is 0.471. The molecule has 3 rings (SSSR count). The van der Waals surface area contributed by atoms with Crippen molar-refractivity contribution in [1.82, 2.24) is 25.0 Å². The molecule has 1 N–H and O–H groups in total. The van der Waals surface area contributed by atoms with E-state index in [1.54, 1.807) is 11.0 Å². The maximum atomic E-state index is 13.6. The molecule has 6 nitrogen and oxygen atoms in total. The SMILES string of the molecule is O=C(CN1CCC[C@@H]1Cn1cncn1)NCCc1c(F)cccc1F. The molecule has 8 heteroatoms. The summed E-state index contributed by atoms with van der Waals surface area (Å²) >= 11 is 0. The second kappa shape index (κ2) is 8.15. The lowest BCUT2D eigenvalue weighted by molar-refractivity contribution is -0.122. The number of rotatable bonds is 7. The van der Waals surface area contributed by atoms with Gasteiger partial charge in [-0.25, -0.2) is 13.8 Å². The Morgan fingerprint density at radius 1 is 1.32 bits per heavy atom. The summed E-state index contributed by atoms with van der Waals surface area (Å²) in [5.41, 5.74) is 0.00744. The molecule has 0 bridgehead atoms. The van der Waals surface area contributed by atoms with Crippen LogP contribution in [-0.2, 0) is 17.8 Å². The van der Waals surface area contributed by atoms with Crippen molar-refractivity contribution in [2.75, 3.05) is 19.6 Å². The molecule has 0 aliphatic carbocycles. The van der Waals surface area contributed by atoms with Crippen molar-refractivity contribution in [2.45, 2.75) is 31.8 Å². The van der Waals surface area contributed by atoms with E-state index in [9.17, 15) is 13.6 Å². The van der Waals surface area contributed by atoms with Crippen molar-refractivity contribution >= 4 is 5.91 Å². The Kier molecular flexibility index (Phi) is 5.70. The maximum Gasteiger partial charge on any atom is 0.234 e. The number of hydrogen-bond donors (Lipinski definition) is 1. The molecule has 0 spiro atoms. The minimum absolute atomic E-state index is 0.00744. The summed E-state index contributed by atoms with van der Waals surface area (Å²) in [5, 5.41) is 6.84. The summed E-state index contributed by atoms with van der Waals surface area (Å²) in [7, 11) is 0. The Morgan fingerprint density at radius 3 is 2.84 bits per heavy atom. The van der Waals surface area contributed by atoms with Crippen molar-refractivity contribution in [3.8, 4) is 0 Å². The molecule has 1 aliphatic heterocycles. The molecule has 1 aliphatic rings. The van der Waals surface area contributed by atoms with E-state index in [0.29, 0.717) is 6.54 Å². The highest BCUT2D eigenvalue weighted by atomic mass is 19.1. The van der Waals surface area contributed by atoms with Gasteiger partial charge in [0.25, 0.3) is 0 Å². The van der Waals surface area contributed by atoms with E-state index in [0.717, 1.165) is 19.4 Å². The second-order valence-corrected chi connectivity index (χ2v) is 6.18. The predicted octanol–water partition coefficient (Wildman–Crippen LogP) is 1.38. The van der Waals surface area contributed by atoms with Gasteiger partial charge in [0.05, 0.1) is 13.1 Å². The van der Waals surface area contributed by atoms with Crippen molar-refractivity contribution in [2.24, 2.45) is 0 Å². The molecule has 2 aromatic rings.